The number of sulfonamides is 1. The molecular formula is C24H27FN4O4S. The topological polar surface area (TPSA) is 90.0 Å². The van der Waals surface area contributed by atoms with E-state index in [9.17, 15) is 22.4 Å². The van der Waals surface area contributed by atoms with Crippen molar-refractivity contribution < 1.29 is 22.4 Å². The van der Waals surface area contributed by atoms with Crippen LogP contribution in [0.2, 0.25) is 0 Å². The molecule has 2 aromatic carbocycles. The second kappa shape index (κ2) is 8.75. The van der Waals surface area contributed by atoms with Crippen molar-refractivity contribution in [3.05, 3.63) is 54.3 Å². The van der Waals surface area contributed by atoms with Crippen molar-refractivity contribution >= 4 is 33.2 Å². The number of nitrogens with one attached hydrogen (secondary N) is 1. The van der Waals surface area contributed by atoms with Gasteiger partial charge in [0, 0.05) is 26.2 Å². The zero-order valence-electron chi connectivity index (χ0n) is 18.7. The number of nitrogens with zero attached hydrogens (tertiary/aromatic N) is 3. The lowest BCUT2D eigenvalue weighted by atomic mass is 9.89. The molecule has 2 aromatic rings. The molecule has 1 N–H and O–H groups in total. The lowest BCUT2D eigenvalue weighted by molar-refractivity contribution is -0.128. The molecule has 1 saturated carbocycles. The van der Waals surface area contributed by atoms with Crippen molar-refractivity contribution in [3.63, 3.8) is 0 Å². The van der Waals surface area contributed by atoms with E-state index in [1.54, 1.807) is 11.0 Å². The number of carbonyl (C=O) groups excluding carboxylic acids is 2. The highest BCUT2D eigenvalue weighted by Gasteiger charge is 2.52. The van der Waals surface area contributed by atoms with Crippen LogP contribution in [-0.4, -0.2) is 67.7 Å². The average Bonchev–Trinajstić information content (AvgIpc) is 3.31. The normalized spacial score (nSPS) is 20.9. The first-order valence-electron chi connectivity index (χ1n) is 11.5. The average molecular weight is 487 g/mol. The predicted molar refractivity (Wildman–Crippen MR) is 125 cm³/mol. The molecule has 5 rings (SSSR count). The van der Waals surface area contributed by atoms with Gasteiger partial charge in [0.05, 0.1) is 17.9 Å². The Kier molecular flexibility index (Phi) is 5.91. The Morgan fingerprint density at radius 3 is 2.32 bits per heavy atom. The molecule has 0 atom stereocenters. The Morgan fingerprint density at radius 1 is 0.971 bits per heavy atom. The first kappa shape index (κ1) is 22.9. The summed E-state index contributed by atoms with van der Waals surface area (Å²) in [6.45, 7) is 1.08. The third kappa shape index (κ3) is 3.79. The van der Waals surface area contributed by atoms with Crippen LogP contribution in [0.5, 0.6) is 0 Å². The van der Waals surface area contributed by atoms with Crippen LogP contribution in [0.25, 0.3) is 0 Å². The fourth-order valence-corrected chi connectivity index (χ4v) is 6.80. The lowest BCUT2D eigenvalue weighted by Crippen LogP contribution is -2.62. The summed E-state index contributed by atoms with van der Waals surface area (Å²) in [6, 6.07) is 12.7. The van der Waals surface area contributed by atoms with Crippen molar-refractivity contribution in [1.29, 1.82) is 0 Å². The van der Waals surface area contributed by atoms with Gasteiger partial charge >= 0.3 is 0 Å². The minimum absolute atomic E-state index is 0.0803. The second-order valence-corrected chi connectivity index (χ2v) is 11.0. The molecule has 2 fully saturated rings. The Bertz CT molecular complexity index is 1220. The molecule has 34 heavy (non-hydrogen) atoms. The predicted octanol–water partition coefficient (Wildman–Crippen LogP) is 2.43. The maximum Gasteiger partial charge on any atom is 0.250 e. The smallest absolute Gasteiger partial charge is 0.250 e. The molecule has 10 heteroatoms. The SMILES string of the molecule is O=C(CN1CCN(S(=O)(=O)c2ccccc2F)CC1)N1c2ccccc2NC(=O)C12CCCC2. The number of piperazine rings is 1. The van der Waals surface area contributed by atoms with Crippen LogP contribution in [0.3, 0.4) is 0 Å². The molecule has 0 bridgehead atoms. The molecule has 2 heterocycles. The van der Waals surface area contributed by atoms with E-state index in [2.05, 4.69) is 5.32 Å². The van der Waals surface area contributed by atoms with Crippen LogP contribution in [-0.2, 0) is 19.6 Å². The highest BCUT2D eigenvalue weighted by molar-refractivity contribution is 7.89. The Labute approximate surface area is 198 Å². The Morgan fingerprint density at radius 2 is 1.62 bits per heavy atom. The number of halogens is 1. The molecule has 0 unspecified atom stereocenters. The summed E-state index contributed by atoms with van der Waals surface area (Å²) >= 11 is 0. The van der Waals surface area contributed by atoms with Crippen molar-refractivity contribution in [2.45, 2.75) is 36.1 Å². The van der Waals surface area contributed by atoms with Crippen molar-refractivity contribution in [2.75, 3.05) is 42.9 Å². The van der Waals surface area contributed by atoms with Crippen molar-refractivity contribution in [1.82, 2.24) is 9.21 Å². The fraction of sp³-hybridized carbons (Fsp3) is 0.417. The number of fused-ring (bicyclic) bond motifs is 1. The van der Waals surface area contributed by atoms with E-state index in [1.165, 1.54) is 22.5 Å². The minimum Gasteiger partial charge on any atom is -0.322 e. The molecule has 0 aromatic heterocycles. The van der Waals surface area contributed by atoms with Gasteiger partial charge in [0.25, 0.3) is 5.91 Å². The Hall–Kier alpha value is -2.82. The van der Waals surface area contributed by atoms with E-state index in [4.69, 9.17) is 0 Å². The first-order chi connectivity index (χ1) is 16.3. The highest BCUT2D eigenvalue weighted by Crippen LogP contribution is 2.45. The van der Waals surface area contributed by atoms with Gasteiger partial charge in [-0.15, -0.1) is 0 Å². The number of hydrogen-bond donors (Lipinski definition) is 1. The lowest BCUT2D eigenvalue weighted by Gasteiger charge is -2.45. The molecule has 1 aliphatic carbocycles. The van der Waals surface area contributed by atoms with Gasteiger partial charge in [-0.2, -0.15) is 4.31 Å². The number of hydrogen-bond acceptors (Lipinski definition) is 5. The summed E-state index contributed by atoms with van der Waals surface area (Å²) in [5, 5.41) is 2.97. The number of amides is 2. The third-order valence-electron chi connectivity index (χ3n) is 7.07. The monoisotopic (exact) mass is 486 g/mol. The maximum atomic E-state index is 14.1. The third-order valence-corrected chi connectivity index (χ3v) is 9.00. The van der Waals surface area contributed by atoms with Crippen LogP contribution in [0.4, 0.5) is 15.8 Å². The van der Waals surface area contributed by atoms with E-state index < -0.39 is 21.4 Å². The molecule has 180 valence electrons. The van der Waals surface area contributed by atoms with Crippen LogP contribution in [0.1, 0.15) is 25.7 Å². The van der Waals surface area contributed by atoms with Crippen LogP contribution >= 0.6 is 0 Å². The minimum atomic E-state index is -3.95. The summed E-state index contributed by atoms with van der Waals surface area (Å²) < 4.78 is 41.1. The summed E-state index contributed by atoms with van der Waals surface area (Å²) in [6.07, 6.45) is 3.00. The summed E-state index contributed by atoms with van der Waals surface area (Å²) in [5.74, 6) is -1.09. The molecule has 2 aliphatic heterocycles. The quantitative estimate of drug-likeness (QED) is 0.717. The Balaban J connectivity index is 1.32. The van der Waals surface area contributed by atoms with Gasteiger partial charge < -0.3 is 5.32 Å². The van der Waals surface area contributed by atoms with Crippen LogP contribution in [0, 0.1) is 5.82 Å². The zero-order valence-corrected chi connectivity index (χ0v) is 19.6. The van der Waals surface area contributed by atoms with E-state index in [1.807, 2.05) is 23.1 Å². The standard InChI is InChI=1S/C24H27FN4O4S/c25-18-7-1-4-10-21(18)34(32,33)28-15-13-27(14-16-28)17-22(30)29-20-9-3-2-8-19(20)26-23(31)24(29)11-5-6-12-24/h1-4,7-10H,5-6,11-17H2,(H,26,31). The molecule has 8 nitrogen and oxygen atoms in total. The second-order valence-electron chi connectivity index (χ2n) is 9.05. The molecular weight excluding hydrogens is 459 g/mol. The van der Waals surface area contributed by atoms with Gasteiger partial charge in [0.15, 0.2) is 0 Å². The van der Waals surface area contributed by atoms with Gasteiger partial charge in [0.2, 0.25) is 15.9 Å². The van der Waals surface area contributed by atoms with Crippen LogP contribution < -0.4 is 10.2 Å². The molecule has 1 spiro atoms. The van der Waals surface area contributed by atoms with Gasteiger partial charge in [-0.25, -0.2) is 12.8 Å². The number of carbonyl (C=O) groups is 2. The van der Waals surface area contributed by atoms with E-state index in [0.29, 0.717) is 37.3 Å². The van der Waals surface area contributed by atoms with E-state index >= 15 is 0 Å². The molecule has 1 saturated heterocycles. The number of anilines is 2. The summed E-state index contributed by atoms with van der Waals surface area (Å²) in [7, 11) is -3.95. The molecule has 3 aliphatic rings. The number of rotatable bonds is 4. The van der Waals surface area contributed by atoms with Gasteiger partial charge in [0.1, 0.15) is 16.3 Å². The summed E-state index contributed by atoms with van der Waals surface area (Å²) in [4.78, 5) is 29.9. The maximum absolute atomic E-state index is 14.1. The molecule has 0 radical (unpaired) electrons. The number of benzene rings is 2. The van der Waals surface area contributed by atoms with Crippen molar-refractivity contribution in [2.24, 2.45) is 0 Å². The fourth-order valence-electron chi connectivity index (χ4n) is 5.31. The van der Waals surface area contributed by atoms with Gasteiger partial charge in [-0.05, 0) is 37.1 Å². The number of para-hydroxylation sites is 2. The molecule has 2 amide bonds. The largest absolute Gasteiger partial charge is 0.322 e. The first-order valence-corrected chi connectivity index (χ1v) is 13.0. The van der Waals surface area contributed by atoms with Gasteiger partial charge in [-0.3, -0.25) is 19.4 Å². The highest BCUT2D eigenvalue weighted by atomic mass is 32.2. The van der Waals surface area contributed by atoms with Gasteiger partial charge in [-0.1, -0.05) is 37.1 Å². The van der Waals surface area contributed by atoms with E-state index in [0.717, 1.165) is 18.9 Å². The zero-order chi connectivity index (χ0) is 23.9. The van der Waals surface area contributed by atoms with E-state index in [-0.39, 0.29) is 36.3 Å². The van der Waals surface area contributed by atoms with Crippen LogP contribution in [0.15, 0.2) is 53.4 Å². The summed E-state index contributed by atoms with van der Waals surface area (Å²) in [5.41, 5.74) is 0.454. The van der Waals surface area contributed by atoms with Crippen molar-refractivity contribution in [3.8, 4) is 0 Å².